The Morgan fingerprint density at radius 2 is 1.15 bits per heavy atom. The summed E-state index contributed by atoms with van der Waals surface area (Å²) in [6.45, 7) is 20.8. The lowest BCUT2D eigenvalue weighted by Gasteiger charge is -2.51. The van der Waals surface area contributed by atoms with Gasteiger partial charge in [-0.15, -0.1) is 0 Å². The van der Waals surface area contributed by atoms with Gasteiger partial charge in [-0.1, -0.05) is 91.8 Å². The number of carbonyl (C=O) groups is 2. The van der Waals surface area contributed by atoms with Crippen LogP contribution in [0.1, 0.15) is 102 Å². The Morgan fingerprint density at radius 1 is 0.692 bits per heavy atom. The van der Waals surface area contributed by atoms with Gasteiger partial charge in [-0.3, -0.25) is 0 Å². The molecule has 0 aliphatic carbocycles. The summed E-state index contributed by atoms with van der Waals surface area (Å²) in [7, 11) is 4.78. The van der Waals surface area contributed by atoms with Crippen LogP contribution in [0.25, 0.3) is 0 Å². The summed E-state index contributed by atoms with van der Waals surface area (Å²) in [6.07, 6.45) is 6.05. The first kappa shape index (κ1) is 55.1. The van der Waals surface area contributed by atoms with Crippen LogP contribution in [-0.2, 0) is 52.2 Å². The number of hydrogen-bond acceptors (Lipinski definition) is 15. The fourth-order valence-corrected chi connectivity index (χ4v) is 10.5. The van der Waals surface area contributed by atoms with Gasteiger partial charge < -0.3 is 63.1 Å². The van der Waals surface area contributed by atoms with Gasteiger partial charge in [0.15, 0.2) is 17.9 Å². The molecule has 3 fully saturated rings. The first-order valence-electron chi connectivity index (χ1n) is 23.7. The maximum atomic E-state index is 13.5. The van der Waals surface area contributed by atoms with Crippen molar-refractivity contribution in [2.75, 3.05) is 21.3 Å². The van der Waals surface area contributed by atoms with E-state index in [0.717, 1.165) is 6.42 Å². The van der Waals surface area contributed by atoms with Crippen LogP contribution < -0.4 is 0 Å². The third-order valence-electron chi connectivity index (χ3n) is 15.2. The monoisotopic (exact) mass is 923 g/mol. The molecule has 4 aliphatic heterocycles. The van der Waals surface area contributed by atoms with Crippen LogP contribution >= 0.6 is 0 Å². The number of carbonyl (C=O) groups excluding carboxylic acids is 2. The summed E-state index contributed by atoms with van der Waals surface area (Å²) < 4.78 is 55.6. The van der Waals surface area contributed by atoms with Crippen LogP contribution in [0.4, 0.5) is 0 Å². The third kappa shape index (κ3) is 13.0. The number of cyclic esters (lactones) is 2. The molecule has 3 saturated heterocycles. The zero-order valence-electron chi connectivity index (χ0n) is 41.3. The molecule has 4 rings (SSSR count). The molecule has 0 unspecified atom stereocenters. The van der Waals surface area contributed by atoms with E-state index in [2.05, 4.69) is 6.92 Å². The molecule has 0 aromatic heterocycles. The molecule has 0 saturated carbocycles. The van der Waals surface area contributed by atoms with E-state index in [9.17, 15) is 30.0 Å². The maximum absolute atomic E-state index is 13.5. The summed E-state index contributed by atoms with van der Waals surface area (Å²) in [5.74, 6) is -6.84. The molecule has 65 heavy (non-hydrogen) atoms. The number of methoxy groups -OCH3 is 3. The van der Waals surface area contributed by atoms with Crippen molar-refractivity contribution in [1.82, 2.24) is 0 Å². The molecule has 0 aromatic rings. The molecule has 0 amide bonds. The van der Waals surface area contributed by atoms with Crippen molar-refractivity contribution >= 4 is 11.9 Å². The van der Waals surface area contributed by atoms with Gasteiger partial charge in [0.05, 0.1) is 48.8 Å². The van der Waals surface area contributed by atoms with Crippen molar-refractivity contribution in [3.63, 3.8) is 0 Å². The number of aliphatic hydroxyl groups excluding tert-OH is 4. The summed E-state index contributed by atoms with van der Waals surface area (Å²) in [6, 6.07) is 0. The number of ether oxygens (including phenoxy) is 9. The number of esters is 2. The van der Waals surface area contributed by atoms with Gasteiger partial charge in [0.25, 0.3) is 0 Å². The summed E-state index contributed by atoms with van der Waals surface area (Å²) in [4.78, 5) is 26.9. The molecule has 0 radical (unpaired) electrons. The van der Waals surface area contributed by atoms with Crippen molar-refractivity contribution < 1.29 is 72.6 Å². The van der Waals surface area contributed by atoms with E-state index < -0.39 is 114 Å². The highest BCUT2D eigenvalue weighted by molar-refractivity contribution is 5.83. The average Bonchev–Trinajstić information content (AvgIpc) is 3.28. The quantitative estimate of drug-likeness (QED) is 0.152. The van der Waals surface area contributed by atoms with Gasteiger partial charge >= 0.3 is 11.9 Å². The van der Waals surface area contributed by atoms with Gasteiger partial charge in [0.1, 0.15) is 18.3 Å². The number of hydrogen-bond donors (Lipinski definition) is 4. The highest BCUT2D eigenvalue weighted by atomic mass is 16.7. The van der Waals surface area contributed by atoms with Crippen LogP contribution in [0.15, 0.2) is 48.6 Å². The highest BCUT2D eigenvalue weighted by Crippen LogP contribution is 2.45. The van der Waals surface area contributed by atoms with Gasteiger partial charge in [-0.05, 0) is 27.2 Å². The van der Waals surface area contributed by atoms with Crippen LogP contribution in [0.5, 0.6) is 0 Å². The van der Waals surface area contributed by atoms with E-state index >= 15 is 0 Å². The lowest BCUT2D eigenvalue weighted by atomic mass is 9.76. The van der Waals surface area contributed by atoms with Crippen molar-refractivity contribution in [2.24, 2.45) is 47.3 Å². The lowest BCUT2D eigenvalue weighted by molar-refractivity contribution is -0.350. The predicted molar refractivity (Wildman–Crippen MR) is 243 cm³/mol. The number of allylic oxidation sites excluding steroid dienone is 4. The minimum Gasteiger partial charge on any atom is -0.458 e. The first-order chi connectivity index (χ1) is 30.6. The first-order valence-corrected chi connectivity index (χ1v) is 23.7. The largest absolute Gasteiger partial charge is 0.458 e. The van der Waals surface area contributed by atoms with E-state index in [1.165, 1.54) is 19.3 Å². The summed E-state index contributed by atoms with van der Waals surface area (Å²) in [5.41, 5.74) is 0. The third-order valence-corrected chi connectivity index (χ3v) is 15.2. The minimum absolute atomic E-state index is 0.0991. The minimum atomic E-state index is -1.31. The second-order valence-corrected chi connectivity index (χ2v) is 19.3. The van der Waals surface area contributed by atoms with Crippen molar-refractivity contribution in [3.8, 4) is 0 Å². The molecule has 4 heterocycles. The maximum Gasteiger partial charge on any atom is 0.331 e. The molecule has 4 aliphatic rings. The zero-order valence-corrected chi connectivity index (χ0v) is 41.3. The van der Waals surface area contributed by atoms with Crippen molar-refractivity contribution in [3.05, 3.63) is 48.6 Å². The average molecular weight is 923 g/mol. The molecule has 22 atom stereocenters. The van der Waals surface area contributed by atoms with Crippen molar-refractivity contribution in [1.29, 1.82) is 0 Å². The standard InChI is InChI=1S/C50H82O15/c1-15-37-35(10)65-50(59-14,26-40(37)57-12)33(8)45(55)31(6)48-28(3)21-17-19-22-41(52)62-47(27(2)20-16-18-23-42(53)63-48)30(5)44(54)32(7)49(58-13)25-39(29(4)34(9)64-49)61-43-24-38(51)46(56)36(11)60-43/h16-23,27-40,43-48,51,54-56H,15,24-26H2,1-14H3/b20-16+,21-17+,22-19+,23-18-/t27-,28-,29+,30-,31-,32-,33-,34+,35+,36-,37+,38-,39+,40+,43-,44+,45+,46+,47-,48-,49+,50+/m0/s1. The molecular weight excluding hydrogens is 841 g/mol. The smallest absolute Gasteiger partial charge is 0.331 e. The fourth-order valence-electron chi connectivity index (χ4n) is 10.5. The van der Waals surface area contributed by atoms with Crippen LogP contribution in [0.3, 0.4) is 0 Å². The van der Waals surface area contributed by atoms with E-state index in [1.54, 1.807) is 64.5 Å². The predicted octanol–water partition coefficient (Wildman–Crippen LogP) is 5.81. The molecule has 4 N–H and O–H groups in total. The van der Waals surface area contributed by atoms with Crippen LogP contribution in [-0.4, -0.2) is 139 Å². The Balaban J connectivity index is 1.52. The Kier molecular flexibility index (Phi) is 20.5. The highest BCUT2D eigenvalue weighted by Gasteiger charge is 2.54. The molecule has 0 spiro atoms. The second kappa shape index (κ2) is 24.1. The summed E-state index contributed by atoms with van der Waals surface area (Å²) in [5, 5.41) is 44.7. The van der Waals surface area contributed by atoms with Crippen LogP contribution in [0.2, 0.25) is 0 Å². The van der Waals surface area contributed by atoms with Crippen molar-refractivity contribution in [2.45, 2.75) is 187 Å². The zero-order chi connectivity index (χ0) is 48.6. The van der Waals surface area contributed by atoms with E-state index in [0.29, 0.717) is 6.42 Å². The molecule has 0 bridgehead atoms. The lowest BCUT2D eigenvalue weighted by Crippen LogP contribution is -2.59. The van der Waals surface area contributed by atoms with Gasteiger partial charge in [0.2, 0.25) is 0 Å². The molecule has 372 valence electrons. The second-order valence-electron chi connectivity index (χ2n) is 19.3. The topological polar surface area (TPSA) is 198 Å². The van der Waals surface area contributed by atoms with Gasteiger partial charge in [-0.25, -0.2) is 9.59 Å². The fraction of sp³-hybridized carbons (Fsp3) is 0.800. The van der Waals surface area contributed by atoms with E-state index in [1.807, 2.05) is 55.4 Å². The van der Waals surface area contributed by atoms with Gasteiger partial charge in [0, 0.05) is 100 Å². The Bertz CT molecular complexity index is 1620. The Hall–Kier alpha value is -2.54. The normalized spacial score (nSPS) is 43.7. The molecule has 0 aromatic carbocycles. The summed E-state index contributed by atoms with van der Waals surface area (Å²) >= 11 is 0. The SMILES string of the molecule is CC[C@@H]1[C@@H](C)O[C@@](OC)([C@@H](C)[C@H](O)[C@H](C)[C@H]2OC(=O)/C=C\C=C\[C@H](C)[C@@H]([C@@H](C)[C@@H](O)[C@H](C)[C@@]3(OC)C[C@@H](O[C@H]4C[C@H](O)[C@H](O)[C@H](C)O4)[C@H](C)[C@@H](C)O3)OC(=O)/C=C/C=C/[C@@H]2C)C[C@H]1OC. The van der Waals surface area contributed by atoms with E-state index in [-0.39, 0.29) is 43.0 Å². The molecule has 15 nitrogen and oxygen atoms in total. The molecular formula is C50H82O15. The Morgan fingerprint density at radius 3 is 1.58 bits per heavy atom. The molecule has 15 heteroatoms. The van der Waals surface area contributed by atoms with Crippen LogP contribution in [0, 0.1) is 47.3 Å². The van der Waals surface area contributed by atoms with E-state index in [4.69, 9.17) is 42.6 Å². The number of aliphatic hydroxyl groups is 4. The van der Waals surface area contributed by atoms with Gasteiger partial charge in [-0.2, -0.15) is 0 Å². The number of rotatable bonds is 14. The Labute approximate surface area is 387 Å².